The second-order valence-corrected chi connectivity index (χ2v) is 5.24. The van der Waals surface area contributed by atoms with Crippen LogP contribution in [0.2, 0.25) is 0 Å². The average molecular weight is 263 g/mol. The van der Waals surface area contributed by atoms with Crippen molar-refractivity contribution in [3.8, 4) is 5.75 Å². The molecule has 0 atom stereocenters. The first-order chi connectivity index (χ1) is 9.03. The van der Waals surface area contributed by atoms with E-state index in [4.69, 9.17) is 9.47 Å². The highest BCUT2D eigenvalue weighted by atomic mass is 16.5. The summed E-state index contributed by atoms with van der Waals surface area (Å²) in [4.78, 5) is 11.8. The number of ether oxygens (including phenoxy) is 2. The van der Waals surface area contributed by atoms with Gasteiger partial charge in [0, 0.05) is 13.0 Å². The van der Waals surface area contributed by atoms with Gasteiger partial charge in [0.05, 0.1) is 13.2 Å². The molecule has 0 fully saturated rings. The molecular weight excluding hydrogens is 242 g/mol. The molecule has 1 aromatic carbocycles. The number of benzene rings is 1. The highest BCUT2D eigenvalue weighted by molar-refractivity contribution is 5.79. The van der Waals surface area contributed by atoms with Gasteiger partial charge in [-0.2, -0.15) is 0 Å². The van der Waals surface area contributed by atoms with Crippen molar-refractivity contribution in [3.05, 3.63) is 29.3 Å². The van der Waals surface area contributed by atoms with Crippen LogP contribution in [-0.4, -0.2) is 24.7 Å². The van der Waals surface area contributed by atoms with Crippen LogP contribution < -0.4 is 10.1 Å². The van der Waals surface area contributed by atoms with Crippen molar-refractivity contribution in [1.29, 1.82) is 0 Å². The topological polar surface area (TPSA) is 47.6 Å². The molecule has 4 heteroatoms. The van der Waals surface area contributed by atoms with E-state index in [1.54, 1.807) is 0 Å². The molecule has 0 saturated heterocycles. The number of rotatable bonds is 5. The van der Waals surface area contributed by atoms with Crippen molar-refractivity contribution in [2.24, 2.45) is 0 Å². The Bertz CT molecular complexity index is 468. The Morgan fingerprint density at radius 1 is 1.47 bits per heavy atom. The average Bonchev–Trinajstić information content (AvgIpc) is 2.84. The van der Waals surface area contributed by atoms with E-state index in [1.807, 2.05) is 32.9 Å². The Morgan fingerprint density at radius 3 is 3.00 bits per heavy atom. The van der Waals surface area contributed by atoms with Gasteiger partial charge in [0.15, 0.2) is 0 Å². The molecule has 2 rings (SSSR count). The molecule has 19 heavy (non-hydrogen) atoms. The summed E-state index contributed by atoms with van der Waals surface area (Å²) in [7, 11) is 0. The molecule has 104 valence electrons. The van der Waals surface area contributed by atoms with Gasteiger partial charge in [-0.15, -0.1) is 0 Å². The lowest BCUT2D eigenvalue weighted by Crippen LogP contribution is -2.47. The van der Waals surface area contributed by atoms with Crippen LogP contribution in [-0.2, 0) is 22.5 Å². The zero-order valence-corrected chi connectivity index (χ0v) is 11.8. The molecule has 0 saturated carbocycles. The molecule has 0 aromatic heterocycles. The minimum atomic E-state index is -0.675. The molecule has 0 unspecified atom stereocenters. The third-order valence-electron chi connectivity index (χ3n) is 3.27. The Kier molecular flexibility index (Phi) is 4.10. The second kappa shape index (κ2) is 5.61. The summed E-state index contributed by atoms with van der Waals surface area (Å²) < 4.78 is 10.5. The van der Waals surface area contributed by atoms with Crippen molar-refractivity contribution in [2.75, 3.05) is 13.2 Å². The van der Waals surface area contributed by atoms with Crippen LogP contribution in [0.25, 0.3) is 0 Å². The van der Waals surface area contributed by atoms with Gasteiger partial charge >= 0.3 is 5.97 Å². The molecule has 1 heterocycles. The Hall–Kier alpha value is -1.55. The minimum Gasteiger partial charge on any atom is -0.493 e. The van der Waals surface area contributed by atoms with Gasteiger partial charge in [0.1, 0.15) is 11.3 Å². The van der Waals surface area contributed by atoms with Gasteiger partial charge in [0.25, 0.3) is 0 Å². The van der Waals surface area contributed by atoms with E-state index in [2.05, 4.69) is 11.4 Å². The molecule has 1 N–H and O–H groups in total. The van der Waals surface area contributed by atoms with Crippen LogP contribution in [0.5, 0.6) is 5.75 Å². The number of hydrogen-bond donors (Lipinski definition) is 1. The number of esters is 1. The van der Waals surface area contributed by atoms with E-state index < -0.39 is 5.54 Å². The first-order valence-electron chi connectivity index (χ1n) is 6.70. The van der Waals surface area contributed by atoms with Crippen LogP contribution >= 0.6 is 0 Å². The first kappa shape index (κ1) is 13.9. The lowest BCUT2D eigenvalue weighted by molar-refractivity contribution is -0.149. The smallest absolute Gasteiger partial charge is 0.325 e. The van der Waals surface area contributed by atoms with E-state index in [1.165, 1.54) is 5.56 Å². The maximum Gasteiger partial charge on any atom is 0.325 e. The number of carbonyl (C=O) groups excluding carboxylic acids is 1. The Morgan fingerprint density at radius 2 is 2.26 bits per heavy atom. The van der Waals surface area contributed by atoms with E-state index >= 15 is 0 Å². The van der Waals surface area contributed by atoms with Gasteiger partial charge < -0.3 is 9.47 Å². The molecule has 1 aliphatic heterocycles. The minimum absolute atomic E-state index is 0.223. The van der Waals surface area contributed by atoms with E-state index in [-0.39, 0.29) is 5.97 Å². The second-order valence-electron chi connectivity index (χ2n) is 5.24. The maximum atomic E-state index is 11.8. The first-order valence-corrected chi connectivity index (χ1v) is 6.70. The zero-order chi connectivity index (χ0) is 13.9. The molecule has 1 aliphatic rings. The van der Waals surface area contributed by atoms with E-state index in [9.17, 15) is 4.79 Å². The van der Waals surface area contributed by atoms with Crippen LogP contribution in [0.15, 0.2) is 18.2 Å². The standard InChI is InChI=1S/C15H21NO3/c1-4-18-14(17)15(2,3)16-10-11-5-6-13-12(9-11)7-8-19-13/h5-6,9,16H,4,7-8,10H2,1-3H3. The summed E-state index contributed by atoms with van der Waals surface area (Å²) in [6.45, 7) is 7.29. The molecule has 0 radical (unpaired) electrons. The summed E-state index contributed by atoms with van der Waals surface area (Å²) in [5.74, 6) is 0.757. The zero-order valence-electron chi connectivity index (χ0n) is 11.8. The molecule has 0 bridgehead atoms. The Balaban J connectivity index is 1.96. The van der Waals surface area contributed by atoms with Crippen LogP contribution in [0.4, 0.5) is 0 Å². The molecule has 0 spiro atoms. The fraction of sp³-hybridized carbons (Fsp3) is 0.533. The van der Waals surface area contributed by atoms with Crippen LogP contribution in [0.1, 0.15) is 31.9 Å². The SMILES string of the molecule is CCOC(=O)C(C)(C)NCc1ccc2c(c1)CCO2. The van der Waals surface area contributed by atoms with Crippen molar-refractivity contribution in [2.45, 2.75) is 39.3 Å². The molecule has 0 amide bonds. The number of nitrogens with one attached hydrogen (secondary N) is 1. The Labute approximate surface area is 114 Å². The fourth-order valence-electron chi connectivity index (χ4n) is 2.06. The van der Waals surface area contributed by atoms with Gasteiger partial charge in [-0.1, -0.05) is 12.1 Å². The van der Waals surface area contributed by atoms with Crippen molar-refractivity contribution >= 4 is 5.97 Å². The van der Waals surface area contributed by atoms with Crippen LogP contribution in [0, 0.1) is 0 Å². The van der Waals surface area contributed by atoms with Crippen molar-refractivity contribution in [3.63, 3.8) is 0 Å². The predicted molar refractivity (Wildman–Crippen MR) is 73.2 cm³/mol. The molecule has 1 aromatic rings. The fourth-order valence-corrected chi connectivity index (χ4v) is 2.06. The molecular formula is C15H21NO3. The molecule has 0 aliphatic carbocycles. The number of fused-ring (bicyclic) bond motifs is 1. The summed E-state index contributed by atoms with van der Waals surface area (Å²) in [6.07, 6.45) is 0.963. The highest BCUT2D eigenvalue weighted by Crippen LogP contribution is 2.26. The normalized spacial score (nSPS) is 13.8. The van der Waals surface area contributed by atoms with Crippen molar-refractivity contribution < 1.29 is 14.3 Å². The van der Waals surface area contributed by atoms with Gasteiger partial charge in [-0.3, -0.25) is 10.1 Å². The van der Waals surface area contributed by atoms with Crippen LogP contribution in [0.3, 0.4) is 0 Å². The van der Waals surface area contributed by atoms with Gasteiger partial charge in [-0.25, -0.2) is 0 Å². The lowest BCUT2D eigenvalue weighted by Gasteiger charge is -2.24. The van der Waals surface area contributed by atoms with Gasteiger partial charge in [-0.05, 0) is 38.0 Å². The monoisotopic (exact) mass is 263 g/mol. The summed E-state index contributed by atoms with van der Waals surface area (Å²) in [5, 5.41) is 3.24. The third kappa shape index (κ3) is 3.26. The van der Waals surface area contributed by atoms with E-state index in [0.29, 0.717) is 13.2 Å². The lowest BCUT2D eigenvalue weighted by atomic mass is 10.0. The third-order valence-corrected chi connectivity index (χ3v) is 3.27. The predicted octanol–water partition coefficient (Wildman–Crippen LogP) is 2.05. The summed E-state index contributed by atoms with van der Waals surface area (Å²) in [5.41, 5.74) is 1.72. The quantitative estimate of drug-likeness (QED) is 0.826. The highest BCUT2D eigenvalue weighted by Gasteiger charge is 2.28. The summed E-state index contributed by atoms with van der Waals surface area (Å²) in [6, 6.07) is 6.16. The van der Waals surface area contributed by atoms with E-state index in [0.717, 1.165) is 24.3 Å². The number of hydrogen-bond acceptors (Lipinski definition) is 4. The number of carbonyl (C=O) groups is 1. The maximum absolute atomic E-state index is 11.8. The molecule has 4 nitrogen and oxygen atoms in total. The largest absolute Gasteiger partial charge is 0.493 e. The van der Waals surface area contributed by atoms with Gasteiger partial charge in [0.2, 0.25) is 0 Å². The van der Waals surface area contributed by atoms with Crippen molar-refractivity contribution in [1.82, 2.24) is 5.32 Å². The summed E-state index contributed by atoms with van der Waals surface area (Å²) >= 11 is 0.